The normalized spacial score (nSPS) is 12.1. The van der Waals surface area contributed by atoms with Crippen molar-refractivity contribution in [2.24, 2.45) is 0 Å². The van der Waals surface area contributed by atoms with E-state index in [1.54, 1.807) is 19.2 Å². The van der Waals surface area contributed by atoms with Gasteiger partial charge in [-0.05, 0) is 50.1 Å². The van der Waals surface area contributed by atoms with Crippen LogP contribution in [0.1, 0.15) is 32.7 Å². The summed E-state index contributed by atoms with van der Waals surface area (Å²) in [6.07, 6.45) is 1.59. The predicted molar refractivity (Wildman–Crippen MR) is 135 cm³/mol. The third-order valence-corrected chi connectivity index (χ3v) is 9.13. The number of ether oxygens (including phenoxy) is 2. The Bertz CT molecular complexity index is 1680. The molecule has 0 bridgehead atoms. The predicted octanol–water partition coefficient (Wildman–Crippen LogP) is -0.714. The number of carboxylic acid groups (broad SMARTS) is 1. The Hall–Kier alpha value is -2.77. The molecule has 38 heavy (non-hydrogen) atoms. The van der Waals surface area contributed by atoms with E-state index in [-0.39, 0.29) is 62.0 Å². The fourth-order valence-corrected chi connectivity index (χ4v) is 7.33. The Morgan fingerprint density at radius 3 is 2.39 bits per heavy atom. The van der Waals surface area contributed by atoms with Gasteiger partial charge in [0, 0.05) is 23.4 Å². The first kappa shape index (κ1) is 29.8. The molecular formula is C25H24N3NaO7S2. The smallest absolute Gasteiger partial charge is 0.545 e. The Kier molecular flexibility index (Phi) is 9.04. The van der Waals surface area contributed by atoms with Gasteiger partial charge in [-0.1, -0.05) is 12.1 Å². The topological polar surface area (TPSA) is 141 Å². The Balaban J connectivity index is 0.00000400. The average Bonchev–Trinajstić information content (AvgIpc) is 3.25. The number of aromatic nitrogens is 3. The van der Waals surface area contributed by atoms with E-state index in [0.717, 1.165) is 15.6 Å². The van der Waals surface area contributed by atoms with E-state index >= 15 is 0 Å². The van der Waals surface area contributed by atoms with Gasteiger partial charge in [0.1, 0.15) is 11.5 Å². The van der Waals surface area contributed by atoms with Crippen LogP contribution in [-0.2, 0) is 26.6 Å². The first-order valence-electron chi connectivity index (χ1n) is 11.0. The summed E-state index contributed by atoms with van der Waals surface area (Å²) in [6, 6.07) is 8.25. The molecule has 0 aliphatic heterocycles. The van der Waals surface area contributed by atoms with E-state index in [0.29, 0.717) is 28.3 Å². The van der Waals surface area contributed by atoms with Crippen molar-refractivity contribution in [1.29, 1.82) is 0 Å². The standard InChI is InChI=1S/C25H25N3O7S2.Na/c1-14-6-7-17(24(29)30)10-22(14)37(32,33)28-21-9-8-18(34-4)11-19(21)27-25(28)36(31)13-20-16(3)23(35-5)15(2)12-26-20;/h6-12H,13H2,1-5H3,(H,29,30);/q;+1/p-1. The van der Waals surface area contributed by atoms with Gasteiger partial charge in [-0.3, -0.25) is 9.19 Å². The molecule has 194 valence electrons. The first-order chi connectivity index (χ1) is 17.5. The van der Waals surface area contributed by atoms with Crippen LogP contribution in [0.4, 0.5) is 0 Å². The molecule has 0 spiro atoms. The van der Waals surface area contributed by atoms with Crippen LogP contribution in [0, 0.1) is 20.8 Å². The van der Waals surface area contributed by atoms with Crippen molar-refractivity contribution in [1.82, 2.24) is 13.9 Å². The van der Waals surface area contributed by atoms with Gasteiger partial charge in [-0.15, -0.1) is 0 Å². The Morgan fingerprint density at radius 1 is 1.05 bits per heavy atom. The summed E-state index contributed by atoms with van der Waals surface area (Å²) in [7, 11) is -3.43. The number of hydrogen-bond donors (Lipinski definition) is 0. The molecule has 2 aromatic carbocycles. The molecule has 0 aliphatic rings. The van der Waals surface area contributed by atoms with Crippen LogP contribution in [0.5, 0.6) is 11.5 Å². The molecule has 1 atom stereocenters. The van der Waals surface area contributed by atoms with Crippen molar-refractivity contribution in [2.75, 3.05) is 14.2 Å². The molecule has 0 saturated heterocycles. The van der Waals surface area contributed by atoms with E-state index in [1.807, 2.05) is 6.92 Å². The summed E-state index contributed by atoms with van der Waals surface area (Å²) < 4.78 is 53.2. The number of benzene rings is 2. The van der Waals surface area contributed by atoms with Gasteiger partial charge in [-0.25, -0.2) is 17.4 Å². The number of pyridine rings is 1. The number of rotatable bonds is 8. The van der Waals surface area contributed by atoms with Crippen molar-refractivity contribution in [3.63, 3.8) is 0 Å². The SMILES string of the molecule is COc1ccc2c(c1)nc(S(=O)Cc1ncc(C)c(OC)c1C)n2S(=O)(=O)c1cc(C(=O)[O-])ccc1C.[Na+]. The second-order valence-electron chi connectivity index (χ2n) is 8.32. The third kappa shape index (κ3) is 5.36. The second-order valence-corrected chi connectivity index (χ2v) is 11.4. The van der Waals surface area contributed by atoms with E-state index in [9.17, 15) is 22.5 Å². The van der Waals surface area contributed by atoms with E-state index < -0.39 is 26.8 Å². The van der Waals surface area contributed by atoms with Crippen molar-refractivity contribution in [3.05, 3.63) is 70.5 Å². The van der Waals surface area contributed by atoms with E-state index in [4.69, 9.17) is 9.47 Å². The zero-order valence-electron chi connectivity index (χ0n) is 21.8. The molecule has 2 heterocycles. The summed E-state index contributed by atoms with van der Waals surface area (Å²) >= 11 is 0. The number of aryl methyl sites for hydroxylation is 2. The zero-order chi connectivity index (χ0) is 27.1. The molecule has 4 rings (SSSR count). The van der Waals surface area contributed by atoms with Crippen molar-refractivity contribution in [3.8, 4) is 11.5 Å². The maximum absolute atomic E-state index is 14.0. The van der Waals surface area contributed by atoms with Crippen LogP contribution in [0.25, 0.3) is 11.0 Å². The number of imidazole rings is 1. The van der Waals surface area contributed by atoms with E-state index in [2.05, 4.69) is 9.97 Å². The molecule has 10 nitrogen and oxygen atoms in total. The number of hydrogen-bond acceptors (Lipinski definition) is 9. The molecule has 0 N–H and O–H groups in total. The van der Waals surface area contributed by atoms with Gasteiger partial charge in [0.25, 0.3) is 10.0 Å². The summed E-state index contributed by atoms with van der Waals surface area (Å²) in [5, 5.41) is 11.2. The van der Waals surface area contributed by atoms with Crippen LogP contribution in [0.15, 0.2) is 52.6 Å². The van der Waals surface area contributed by atoms with Crippen LogP contribution < -0.4 is 44.1 Å². The number of carbonyl (C=O) groups excluding carboxylic acids is 1. The van der Waals surface area contributed by atoms with Crippen molar-refractivity contribution < 1.29 is 61.6 Å². The molecular weight excluding hydrogens is 541 g/mol. The fraction of sp³-hybridized carbons (Fsp3) is 0.240. The van der Waals surface area contributed by atoms with Gasteiger partial charge in [0.05, 0.1) is 58.4 Å². The molecule has 4 aromatic rings. The quantitative estimate of drug-likeness (QED) is 0.253. The first-order valence-corrected chi connectivity index (χ1v) is 13.8. The monoisotopic (exact) mass is 565 g/mol. The van der Waals surface area contributed by atoms with Gasteiger partial charge >= 0.3 is 29.6 Å². The van der Waals surface area contributed by atoms with Gasteiger partial charge in [0.15, 0.2) is 0 Å². The van der Waals surface area contributed by atoms with Crippen LogP contribution in [0.3, 0.4) is 0 Å². The number of carbonyl (C=O) groups is 1. The molecule has 0 amide bonds. The molecule has 0 aliphatic carbocycles. The second kappa shape index (κ2) is 11.5. The number of aromatic carboxylic acids is 1. The summed E-state index contributed by atoms with van der Waals surface area (Å²) in [5.74, 6) is -0.614. The Labute approximate surface area is 244 Å². The number of methoxy groups -OCH3 is 2. The van der Waals surface area contributed by atoms with Crippen molar-refractivity contribution >= 4 is 37.8 Å². The molecule has 0 saturated carbocycles. The summed E-state index contributed by atoms with van der Waals surface area (Å²) in [4.78, 5) is 20.0. The third-order valence-electron chi connectivity index (χ3n) is 5.95. The maximum atomic E-state index is 14.0. The number of fused-ring (bicyclic) bond motifs is 1. The Morgan fingerprint density at radius 2 is 1.76 bits per heavy atom. The van der Waals surface area contributed by atoms with E-state index in [1.165, 1.54) is 45.4 Å². The van der Waals surface area contributed by atoms with Crippen molar-refractivity contribution in [2.45, 2.75) is 36.6 Å². The van der Waals surface area contributed by atoms with Crippen LogP contribution >= 0.6 is 0 Å². The summed E-state index contributed by atoms with van der Waals surface area (Å²) in [6.45, 7) is 5.16. The number of carboxylic acids is 1. The minimum Gasteiger partial charge on any atom is -0.545 e. The molecule has 13 heteroatoms. The zero-order valence-corrected chi connectivity index (χ0v) is 25.4. The minimum atomic E-state index is -4.44. The summed E-state index contributed by atoms with van der Waals surface area (Å²) in [5.41, 5.74) is 2.35. The minimum absolute atomic E-state index is 0. The number of nitrogens with zero attached hydrogens (tertiary/aromatic N) is 3. The molecule has 0 radical (unpaired) electrons. The molecule has 1 unspecified atom stereocenters. The van der Waals surface area contributed by atoms with Gasteiger partial charge in [-0.2, -0.15) is 0 Å². The van der Waals surface area contributed by atoms with Crippen LogP contribution in [0.2, 0.25) is 0 Å². The maximum Gasteiger partial charge on any atom is 1.00 e. The molecule has 0 fully saturated rings. The van der Waals surface area contributed by atoms with Gasteiger partial charge in [0.2, 0.25) is 5.16 Å². The molecule has 2 aromatic heterocycles. The average molecular weight is 566 g/mol. The largest absolute Gasteiger partial charge is 1.00 e. The van der Waals surface area contributed by atoms with Gasteiger partial charge < -0.3 is 19.4 Å². The fourth-order valence-electron chi connectivity index (χ4n) is 4.03. The van der Waals surface area contributed by atoms with Crippen LogP contribution in [-0.4, -0.2) is 46.8 Å².